The van der Waals surface area contributed by atoms with E-state index >= 15 is 0 Å². The molecule has 0 N–H and O–H groups in total. The zero-order valence-corrected chi connectivity index (χ0v) is 14.8. The summed E-state index contributed by atoms with van der Waals surface area (Å²) in [5.74, 6) is 1.34. The molecule has 0 bridgehead atoms. The van der Waals surface area contributed by atoms with Crippen LogP contribution in [-0.2, 0) is 11.2 Å². The minimum atomic E-state index is -0.345. The number of Topliss-reactive ketones (excluding diaryl/α,β-unsaturated/α-hetero) is 1. The van der Waals surface area contributed by atoms with E-state index in [-0.39, 0.29) is 11.6 Å². The maximum atomic E-state index is 14.6. The van der Waals surface area contributed by atoms with Gasteiger partial charge in [0.25, 0.3) is 5.89 Å². The van der Waals surface area contributed by atoms with Crippen molar-refractivity contribution in [3.63, 3.8) is 0 Å². The molecule has 1 fully saturated rings. The summed E-state index contributed by atoms with van der Waals surface area (Å²) in [5, 5.41) is 4.56. The Morgan fingerprint density at radius 2 is 1.96 bits per heavy atom. The lowest BCUT2D eigenvalue weighted by Gasteiger charge is -2.28. The molecule has 1 aromatic carbocycles. The Morgan fingerprint density at radius 1 is 1.19 bits per heavy atom. The van der Waals surface area contributed by atoms with Gasteiger partial charge < -0.3 is 9.42 Å². The van der Waals surface area contributed by atoms with Crippen LogP contribution in [0.15, 0.2) is 22.7 Å². The number of nitrogens with zero attached hydrogens (tertiary/aromatic N) is 4. The minimum absolute atomic E-state index is 0.232. The van der Waals surface area contributed by atoms with Crippen LogP contribution in [0.2, 0.25) is 0 Å². The predicted molar refractivity (Wildman–Crippen MR) is 95.6 cm³/mol. The number of ketones is 1. The summed E-state index contributed by atoms with van der Waals surface area (Å²) in [6.45, 7) is 4.82. The van der Waals surface area contributed by atoms with E-state index in [0.717, 1.165) is 12.0 Å². The van der Waals surface area contributed by atoms with Crippen LogP contribution in [0.5, 0.6) is 0 Å². The molecule has 6 nitrogen and oxygen atoms in total. The first-order chi connectivity index (χ1) is 12.5. The number of halogens is 1. The minimum Gasteiger partial charge on any atom is -0.355 e. The van der Waals surface area contributed by atoms with Crippen molar-refractivity contribution in [3.05, 3.63) is 35.4 Å². The van der Waals surface area contributed by atoms with E-state index in [1.54, 1.807) is 6.92 Å². The Bertz CT molecular complexity index is 989. The van der Waals surface area contributed by atoms with Crippen LogP contribution in [0.1, 0.15) is 31.2 Å². The van der Waals surface area contributed by atoms with Crippen molar-refractivity contribution in [2.24, 2.45) is 0 Å². The van der Waals surface area contributed by atoms with Crippen LogP contribution < -0.4 is 4.90 Å². The van der Waals surface area contributed by atoms with Crippen molar-refractivity contribution in [1.29, 1.82) is 0 Å². The smallest absolute Gasteiger partial charge is 0.261 e. The van der Waals surface area contributed by atoms with Crippen molar-refractivity contribution in [2.45, 2.75) is 33.1 Å². The summed E-state index contributed by atoms with van der Waals surface area (Å²) in [4.78, 5) is 22.5. The first kappa shape index (κ1) is 16.6. The van der Waals surface area contributed by atoms with Gasteiger partial charge >= 0.3 is 0 Å². The van der Waals surface area contributed by atoms with Gasteiger partial charge in [0.05, 0.1) is 5.56 Å². The zero-order chi connectivity index (χ0) is 18.3. The number of rotatable bonds is 3. The second kappa shape index (κ2) is 6.48. The molecule has 134 valence electrons. The van der Waals surface area contributed by atoms with Crippen LogP contribution in [0, 0.1) is 12.7 Å². The van der Waals surface area contributed by atoms with Crippen molar-refractivity contribution < 1.29 is 13.7 Å². The predicted octanol–water partition coefficient (Wildman–Crippen LogP) is 3.46. The van der Waals surface area contributed by atoms with Gasteiger partial charge in [-0.05, 0) is 37.1 Å². The van der Waals surface area contributed by atoms with E-state index in [2.05, 4.69) is 15.1 Å². The van der Waals surface area contributed by atoms with Crippen LogP contribution in [0.4, 0.5) is 10.2 Å². The van der Waals surface area contributed by atoms with Gasteiger partial charge in [-0.3, -0.25) is 4.79 Å². The van der Waals surface area contributed by atoms with Gasteiger partial charge in [-0.15, -0.1) is 0 Å². The highest BCUT2D eigenvalue weighted by molar-refractivity contribution is 5.89. The Kier molecular flexibility index (Phi) is 4.14. The number of carbonyl (C=O) groups is 1. The standard InChI is InChI=1S/C19H19FN4O2/c1-3-12-8-13-10-15(19-21-11(2)23-26-19)18(22-17(13)16(20)9-12)24-6-4-14(25)5-7-24/h8-10H,3-7H2,1-2H3. The van der Waals surface area contributed by atoms with Crippen LogP contribution in [0.3, 0.4) is 0 Å². The van der Waals surface area contributed by atoms with Crippen molar-refractivity contribution in [2.75, 3.05) is 18.0 Å². The topological polar surface area (TPSA) is 72.1 Å². The van der Waals surface area contributed by atoms with Crippen LogP contribution in [0.25, 0.3) is 22.4 Å². The van der Waals surface area contributed by atoms with E-state index in [1.165, 1.54) is 6.07 Å². The molecule has 0 saturated carbocycles. The van der Waals surface area contributed by atoms with Gasteiger partial charge in [0, 0.05) is 31.3 Å². The summed E-state index contributed by atoms with van der Waals surface area (Å²) in [7, 11) is 0. The summed E-state index contributed by atoms with van der Waals surface area (Å²) < 4.78 is 19.9. The molecule has 3 aromatic rings. The fourth-order valence-electron chi connectivity index (χ4n) is 3.27. The third-order valence-electron chi connectivity index (χ3n) is 4.70. The molecule has 0 atom stereocenters. The lowest BCUT2D eigenvalue weighted by molar-refractivity contribution is -0.119. The Hall–Kier alpha value is -2.83. The van der Waals surface area contributed by atoms with Gasteiger partial charge in [-0.25, -0.2) is 9.37 Å². The number of anilines is 1. The van der Waals surface area contributed by atoms with E-state index in [0.29, 0.717) is 59.9 Å². The van der Waals surface area contributed by atoms with Gasteiger partial charge in [-0.1, -0.05) is 12.1 Å². The number of hydrogen-bond acceptors (Lipinski definition) is 6. The Labute approximate surface area is 150 Å². The number of hydrogen-bond donors (Lipinski definition) is 0. The van der Waals surface area contributed by atoms with Crippen molar-refractivity contribution in [3.8, 4) is 11.5 Å². The number of piperidine rings is 1. The number of aromatic nitrogens is 3. The molecule has 2 aromatic heterocycles. The van der Waals surface area contributed by atoms with Crippen LogP contribution >= 0.6 is 0 Å². The second-order valence-corrected chi connectivity index (χ2v) is 6.53. The Morgan fingerprint density at radius 3 is 2.62 bits per heavy atom. The molecule has 0 aliphatic carbocycles. The van der Waals surface area contributed by atoms with Crippen LogP contribution in [-0.4, -0.2) is 34.0 Å². The second-order valence-electron chi connectivity index (χ2n) is 6.53. The maximum absolute atomic E-state index is 14.6. The molecule has 0 radical (unpaired) electrons. The van der Waals surface area contributed by atoms with Gasteiger partial charge in [-0.2, -0.15) is 4.98 Å². The van der Waals surface area contributed by atoms with E-state index < -0.39 is 0 Å². The normalized spacial score (nSPS) is 15.0. The SMILES string of the molecule is CCc1cc(F)c2nc(N3CCC(=O)CC3)c(-c3nc(C)no3)cc2c1. The quantitative estimate of drug-likeness (QED) is 0.717. The fourth-order valence-corrected chi connectivity index (χ4v) is 3.27. The molecular weight excluding hydrogens is 335 g/mol. The molecule has 1 aliphatic rings. The molecular formula is C19H19FN4O2. The fraction of sp³-hybridized carbons (Fsp3) is 0.368. The number of carbonyl (C=O) groups excluding carboxylic acids is 1. The van der Waals surface area contributed by atoms with Gasteiger partial charge in [0.1, 0.15) is 22.9 Å². The molecule has 1 saturated heterocycles. The molecule has 0 amide bonds. The number of pyridine rings is 1. The lowest BCUT2D eigenvalue weighted by atomic mass is 10.0. The van der Waals surface area contributed by atoms with E-state index in [4.69, 9.17) is 4.52 Å². The number of aryl methyl sites for hydroxylation is 2. The first-order valence-corrected chi connectivity index (χ1v) is 8.75. The summed E-state index contributed by atoms with van der Waals surface area (Å²) in [5.41, 5.74) is 1.88. The third kappa shape index (κ3) is 2.94. The first-order valence-electron chi connectivity index (χ1n) is 8.75. The lowest BCUT2D eigenvalue weighted by Crippen LogP contribution is -2.34. The van der Waals surface area contributed by atoms with Crippen molar-refractivity contribution in [1.82, 2.24) is 15.1 Å². The third-order valence-corrected chi connectivity index (χ3v) is 4.70. The summed E-state index contributed by atoms with van der Waals surface area (Å²) >= 11 is 0. The molecule has 7 heteroatoms. The van der Waals surface area contributed by atoms with Gasteiger partial charge in [0.15, 0.2) is 5.82 Å². The van der Waals surface area contributed by atoms with Gasteiger partial charge in [0.2, 0.25) is 0 Å². The highest BCUT2D eigenvalue weighted by Crippen LogP contribution is 2.34. The number of fused-ring (bicyclic) bond motifs is 1. The van der Waals surface area contributed by atoms with E-state index in [1.807, 2.05) is 24.0 Å². The van der Waals surface area contributed by atoms with Crippen molar-refractivity contribution >= 4 is 22.5 Å². The molecule has 26 heavy (non-hydrogen) atoms. The largest absolute Gasteiger partial charge is 0.355 e. The number of benzene rings is 1. The van der Waals surface area contributed by atoms with E-state index in [9.17, 15) is 9.18 Å². The molecule has 1 aliphatic heterocycles. The zero-order valence-electron chi connectivity index (χ0n) is 14.8. The molecule has 4 rings (SSSR count). The average Bonchev–Trinajstić information content (AvgIpc) is 3.07. The highest BCUT2D eigenvalue weighted by Gasteiger charge is 2.24. The molecule has 0 spiro atoms. The summed E-state index contributed by atoms with van der Waals surface area (Å²) in [6.07, 6.45) is 1.65. The average molecular weight is 354 g/mol. The molecule has 0 unspecified atom stereocenters. The summed E-state index contributed by atoms with van der Waals surface area (Å²) in [6, 6.07) is 5.31. The molecule has 3 heterocycles. The maximum Gasteiger partial charge on any atom is 0.261 e. The highest BCUT2D eigenvalue weighted by atomic mass is 19.1. The Balaban J connectivity index is 1.92. The monoisotopic (exact) mass is 354 g/mol.